The fourth-order valence-electron chi connectivity index (χ4n) is 2.08. The van der Waals surface area contributed by atoms with E-state index in [4.69, 9.17) is 10.5 Å². The Bertz CT molecular complexity index is 502. The Balaban J connectivity index is 2.06. The number of halogens is 2. The van der Waals surface area contributed by atoms with Gasteiger partial charge in [-0.1, -0.05) is 0 Å². The van der Waals surface area contributed by atoms with Gasteiger partial charge < -0.3 is 15.8 Å². The minimum Gasteiger partial charge on any atom is -0.396 e. The van der Waals surface area contributed by atoms with Crippen LogP contribution in [0.1, 0.15) is 30.1 Å². The predicted octanol–water partition coefficient (Wildman–Crippen LogP) is 2.47. The van der Waals surface area contributed by atoms with Gasteiger partial charge in [0.15, 0.2) is 0 Å². The number of ether oxygens (including phenoxy) is 1. The third-order valence-electron chi connectivity index (χ3n) is 3.25. The molecule has 1 aromatic rings. The zero-order valence-electron chi connectivity index (χ0n) is 10.6. The van der Waals surface area contributed by atoms with Gasteiger partial charge in [-0.2, -0.15) is 0 Å². The van der Waals surface area contributed by atoms with Crippen molar-refractivity contribution in [1.82, 2.24) is 5.32 Å². The molecule has 1 aromatic carbocycles. The number of nitrogen functional groups attached to an aromatic ring is 1. The Hall–Kier alpha value is -1.14. The van der Waals surface area contributed by atoms with Crippen molar-refractivity contribution in [2.24, 2.45) is 0 Å². The van der Waals surface area contributed by atoms with E-state index in [2.05, 4.69) is 21.2 Å². The second kappa shape index (κ2) is 5.46. The molecule has 2 rings (SSSR count). The molecule has 1 aliphatic heterocycles. The number of rotatable bonds is 3. The number of anilines is 1. The van der Waals surface area contributed by atoms with E-state index in [-0.39, 0.29) is 17.2 Å². The number of nitrogens with two attached hydrogens (primary N) is 1. The molecule has 19 heavy (non-hydrogen) atoms. The van der Waals surface area contributed by atoms with Crippen LogP contribution in [0.5, 0.6) is 0 Å². The first-order valence-electron chi connectivity index (χ1n) is 6.08. The van der Waals surface area contributed by atoms with Crippen LogP contribution in [-0.4, -0.2) is 24.7 Å². The minimum atomic E-state index is -0.547. The lowest BCUT2D eigenvalue weighted by Gasteiger charge is -2.23. The largest absolute Gasteiger partial charge is 0.396 e. The maximum Gasteiger partial charge on any atom is 0.252 e. The van der Waals surface area contributed by atoms with E-state index in [0.717, 1.165) is 19.4 Å². The van der Waals surface area contributed by atoms with Gasteiger partial charge in [-0.25, -0.2) is 4.39 Å². The molecule has 0 aliphatic carbocycles. The Morgan fingerprint density at radius 2 is 2.37 bits per heavy atom. The molecule has 1 saturated heterocycles. The topological polar surface area (TPSA) is 64.4 Å². The molecule has 6 heteroatoms. The quantitative estimate of drug-likeness (QED) is 0.837. The van der Waals surface area contributed by atoms with Crippen molar-refractivity contribution in [3.8, 4) is 0 Å². The Morgan fingerprint density at radius 1 is 1.63 bits per heavy atom. The lowest BCUT2D eigenvalue weighted by Crippen LogP contribution is -2.40. The summed E-state index contributed by atoms with van der Waals surface area (Å²) in [6.07, 6.45) is 1.92. The van der Waals surface area contributed by atoms with Crippen LogP contribution >= 0.6 is 15.9 Å². The minimum absolute atomic E-state index is 0.0447. The molecule has 0 saturated carbocycles. The zero-order valence-corrected chi connectivity index (χ0v) is 12.2. The van der Waals surface area contributed by atoms with Crippen molar-refractivity contribution in [1.29, 1.82) is 0 Å². The van der Waals surface area contributed by atoms with Crippen molar-refractivity contribution < 1.29 is 13.9 Å². The van der Waals surface area contributed by atoms with E-state index in [1.807, 2.05) is 6.92 Å². The van der Waals surface area contributed by atoms with Gasteiger partial charge in [-0.05, 0) is 47.8 Å². The fourth-order valence-corrected chi connectivity index (χ4v) is 2.57. The van der Waals surface area contributed by atoms with Crippen LogP contribution < -0.4 is 11.1 Å². The Kier molecular flexibility index (Phi) is 4.10. The summed E-state index contributed by atoms with van der Waals surface area (Å²) in [5, 5.41) is 2.80. The van der Waals surface area contributed by atoms with E-state index in [0.29, 0.717) is 16.6 Å². The smallest absolute Gasteiger partial charge is 0.252 e. The number of hydrogen-bond acceptors (Lipinski definition) is 3. The predicted molar refractivity (Wildman–Crippen MR) is 74.4 cm³/mol. The van der Waals surface area contributed by atoms with Crippen LogP contribution in [0, 0.1) is 5.82 Å². The average Bonchev–Trinajstić information content (AvgIpc) is 2.78. The summed E-state index contributed by atoms with van der Waals surface area (Å²) in [6, 6.07) is 2.52. The number of amides is 1. The van der Waals surface area contributed by atoms with E-state index in [9.17, 15) is 9.18 Å². The summed E-state index contributed by atoms with van der Waals surface area (Å²) < 4.78 is 19.2. The highest BCUT2D eigenvalue weighted by molar-refractivity contribution is 9.10. The highest BCUT2D eigenvalue weighted by atomic mass is 79.9. The summed E-state index contributed by atoms with van der Waals surface area (Å²) >= 11 is 3.16. The van der Waals surface area contributed by atoms with Gasteiger partial charge in [0.2, 0.25) is 0 Å². The molecule has 1 unspecified atom stereocenters. The van der Waals surface area contributed by atoms with Gasteiger partial charge >= 0.3 is 0 Å². The van der Waals surface area contributed by atoms with Gasteiger partial charge in [0, 0.05) is 17.6 Å². The molecule has 4 nitrogen and oxygen atoms in total. The molecule has 0 spiro atoms. The molecule has 0 aromatic heterocycles. The second-order valence-electron chi connectivity index (χ2n) is 4.94. The maximum absolute atomic E-state index is 13.2. The Labute approximate surface area is 119 Å². The van der Waals surface area contributed by atoms with Gasteiger partial charge in [-0.15, -0.1) is 0 Å². The number of carbonyl (C=O) groups excluding carboxylic acids is 1. The van der Waals surface area contributed by atoms with Crippen LogP contribution in [0.15, 0.2) is 16.6 Å². The molecular formula is C13H16BrFN2O2. The van der Waals surface area contributed by atoms with Crippen molar-refractivity contribution in [3.63, 3.8) is 0 Å². The van der Waals surface area contributed by atoms with Crippen LogP contribution in [0.4, 0.5) is 10.1 Å². The van der Waals surface area contributed by atoms with E-state index in [1.54, 1.807) is 0 Å². The number of nitrogens with one attached hydrogen (secondary N) is 1. The molecule has 1 amide bonds. The molecule has 1 aliphatic rings. The van der Waals surface area contributed by atoms with Crippen molar-refractivity contribution in [3.05, 3.63) is 28.0 Å². The Morgan fingerprint density at radius 3 is 3.00 bits per heavy atom. The van der Waals surface area contributed by atoms with Crippen molar-refractivity contribution in [2.45, 2.75) is 25.4 Å². The van der Waals surface area contributed by atoms with E-state index < -0.39 is 5.82 Å². The SMILES string of the molecule is CC1(CNC(=O)c2cc(N)c(F)cc2Br)CCCO1. The zero-order chi connectivity index (χ0) is 14.0. The summed E-state index contributed by atoms with van der Waals surface area (Å²) in [4.78, 5) is 12.1. The van der Waals surface area contributed by atoms with Gasteiger partial charge in [0.1, 0.15) is 5.82 Å². The van der Waals surface area contributed by atoms with Gasteiger partial charge in [-0.3, -0.25) is 4.79 Å². The van der Waals surface area contributed by atoms with Crippen LogP contribution in [0.3, 0.4) is 0 Å². The summed E-state index contributed by atoms with van der Waals surface area (Å²) in [5.41, 5.74) is 5.43. The highest BCUT2D eigenvalue weighted by Crippen LogP contribution is 2.25. The third-order valence-corrected chi connectivity index (χ3v) is 3.91. The van der Waals surface area contributed by atoms with E-state index in [1.165, 1.54) is 12.1 Å². The van der Waals surface area contributed by atoms with Crippen molar-refractivity contribution in [2.75, 3.05) is 18.9 Å². The molecule has 1 fully saturated rings. The second-order valence-corrected chi connectivity index (χ2v) is 5.79. The molecule has 1 atom stereocenters. The number of hydrogen-bond donors (Lipinski definition) is 2. The highest BCUT2D eigenvalue weighted by Gasteiger charge is 2.30. The fraction of sp³-hybridized carbons (Fsp3) is 0.462. The normalized spacial score (nSPS) is 22.5. The average molecular weight is 331 g/mol. The number of carbonyl (C=O) groups is 1. The van der Waals surface area contributed by atoms with Gasteiger partial charge in [0.05, 0.1) is 16.9 Å². The molecular weight excluding hydrogens is 315 g/mol. The maximum atomic E-state index is 13.2. The third kappa shape index (κ3) is 3.25. The standard InChI is InChI=1S/C13H16BrFN2O2/c1-13(3-2-4-19-13)7-17-12(18)8-5-11(16)10(15)6-9(8)14/h5-6H,2-4,7,16H2,1H3,(H,17,18). The first-order chi connectivity index (χ1) is 8.91. The van der Waals surface area contributed by atoms with Gasteiger partial charge in [0.25, 0.3) is 5.91 Å². The van der Waals surface area contributed by atoms with Crippen LogP contribution in [0.25, 0.3) is 0 Å². The summed E-state index contributed by atoms with van der Waals surface area (Å²) in [6.45, 7) is 3.11. The number of benzene rings is 1. The van der Waals surface area contributed by atoms with E-state index >= 15 is 0 Å². The lowest BCUT2D eigenvalue weighted by molar-refractivity contribution is 0.0206. The van der Waals surface area contributed by atoms with Crippen molar-refractivity contribution >= 4 is 27.5 Å². The molecule has 3 N–H and O–H groups in total. The van der Waals surface area contributed by atoms with Crippen LogP contribution in [-0.2, 0) is 4.74 Å². The van der Waals surface area contributed by atoms with Crippen LogP contribution in [0.2, 0.25) is 0 Å². The lowest BCUT2D eigenvalue weighted by atomic mass is 10.0. The molecule has 104 valence electrons. The molecule has 0 radical (unpaired) electrons. The first-order valence-corrected chi connectivity index (χ1v) is 6.87. The summed E-state index contributed by atoms with van der Waals surface area (Å²) in [5.74, 6) is -0.843. The monoisotopic (exact) mass is 330 g/mol. The molecule has 1 heterocycles. The molecule has 0 bridgehead atoms. The summed E-state index contributed by atoms with van der Waals surface area (Å²) in [7, 11) is 0. The first kappa shape index (κ1) is 14.3.